The van der Waals surface area contributed by atoms with Gasteiger partial charge in [0.05, 0.1) is 0 Å². The Morgan fingerprint density at radius 1 is 1.07 bits per heavy atom. The third kappa shape index (κ3) is 5.13. The van der Waals surface area contributed by atoms with Gasteiger partial charge in [0, 0.05) is 28.7 Å². The van der Waals surface area contributed by atoms with Gasteiger partial charge in [0.1, 0.15) is 12.4 Å². The lowest BCUT2D eigenvalue weighted by molar-refractivity contribution is -0.116. The molecule has 1 heterocycles. The molecular weight excluding hydrogens is 375 g/mol. The van der Waals surface area contributed by atoms with Crippen molar-refractivity contribution in [3.8, 4) is 0 Å². The highest BCUT2D eigenvalue weighted by Gasteiger charge is 2.13. The van der Waals surface area contributed by atoms with E-state index in [4.69, 9.17) is 0 Å². The molecule has 3 rings (SSSR count). The zero-order chi connectivity index (χ0) is 21.0. The quantitative estimate of drug-likeness (QED) is 0.626. The minimum Gasteiger partial charge on any atom is -0.325 e. The van der Waals surface area contributed by atoms with Gasteiger partial charge in [-0.2, -0.15) is 0 Å². The number of anilines is 3. The molecule has 0 fully saturated rings. The molecule has 0 radical (unpaired) electrons. The van der Waals surface area contributed by atoms with Gasteiger partial charge in [0.2, 0.25) is 11.9 Å². The molecule has 8 heteroatoms. The fraction of sp³-hybridized carbons (Fsp3) is 0.143. The Labute approximate surface area is 166 Å². The van der Waals surface area contributed by atoms with Crippen LogP contribution in [0.2, 0.25) is 0 Å². The Hall–Kier alpha value is -3.81. The zero-order valence-corrected chi connectivity index (χ0v) is 15.9. The molecule has 1 amide bonds. The van der Waals surface area contributed by atoms with E-state index in [0.717, 1.165) is 4.57 Å². The summed E-state index contributed by atoms with van der Waals surface area (Å²) < 4.78 is 14.6. The highest BCUT2D eigenvalue weighted by atomic mass is 19.1. The number of hydrogen-bond donors (Lipinski definition) is 2. The summed E-state index contributed by atoms with van der Waals surface area (Å²) in [5.41, 5.74) is 1.33. The number of carbonyl (C=O) groups excluding carboxylic acids is 2. The van der Waals surface area contributed by atoms with E-state index in [1.807, 2.05) is 0 Å². The molecule has 2 aromatic carbocycles. The van der Waals surface area contributed by atoms with Crippen molar-refractivity contribution >= 4 is 29.0 Å². The molecule has 0 bridgehead atoms. The van der Waals surface area contributed by atoms with E-state index in [1.165, 1.54) is 31.2 Å². The van der Waals surface area contributed by atoms with Gasteiger partial charge in [0.25, 0.3) is 5.56 Å². The number of nitrogens with zero attached hydrogens (tertiary/aromatic N) is 2. The lowest BCUT2D eigenvalue weighted by Crippen LogP contribution is -2.30. The largest absolute Gasteiger partial charge is 0.325 e. The average Bonchev–Trinajstić information content (AvgIpc) is 2.65. The van der Waals surface area contributed by atoms with E-state index < -0.39 is 17.3 Å². The maximum absolute atomic E-state index is 13.5. The molecule has 0 saturated carbocycles. The van der Waals surface area contributed by atoms with Gasteiger partial charge in [-0.3, -0.25) is 19.0 Å². The van der Waals surface area contributed by atoms with Gasteiger partial charge in [-0.1, -0.05) is 18.2 Å². The van der Waals surface area contributed by atoms with Gasteiger partial charge < -0.3 is 10.6 Å². The van der Waals surface area contributed by atoms with Crippen LogP contribution in [0.15, 0.2) is 59.4 Å². The van der Waals surface area contributed by atoms with E-state index in [-0.39, 0.29) is 18.3 Å². The fourth-order valence-corrected chi connectivity index (χ4v) is 2.72. The SMILES string of the molecule is CC(=O)c1cccc(NC(=O)Cn2c(Nc3cccc(F)c3)nc(C)cc2=O)c1. The van der Waals surface area contributed by atoms with Crippen molar-refractivity contribution in [3.63, 3.8) is 0 Å². The lowest BCUT2D eigenvalue weighted by atomic mass is 10.1. The Kier molecular flexibility index (Phi) is 5.82. The summed E-state index contributed by atoms with van der Waals surface area (Å²) in [7, 11) is 0. The third-order valence-electron chi connectivity index (χ3n) is 4.07. The minimum atomic E-state index is -0.472. The second-order valence-electron chi connectivity index (χ2n) is 6.47. The first-order valence-electron chi connectivity index (χ1n) is 8.84. The Bertz CT molecular complexity index is 1140. The molecule has 0 aliphatic heterocycles. The molecule has 0 atom stereocenters. The number of nitrogens with one attached hydrogen (secondary N) is 2. The second-order valence-corrected chi connectivity index (χ2v) is 6.47. The lowest BCUT2D eigenvalue weighted by Gasteiger charge is -2.14. The summed E-state index contributed by atoms with van der Waals surface area (Å²) in [6.07, 6.45) is 0. The number of benzene rings is 2. The maximum atomic E-state index is 13.5. The molecule has 29 heavy (non-hydrogen) atoms. The summed E-state index contributed by atoms with van der Waals surface area (Å²) in [6, 6.07) is 13.5. The van der Waals surface area contributed by atoms with Crippen LogP contribution in [-0.4, -0.2) is 21.2 Å². The number of aromatic nitrogens is 2. The number of ketones is 1. The molecule has 0 aliphatic carbocycles. The molecule has 148 valence electrons. The summed E-state index contributed by atoms with van der Waals surface area (Å²) in [6.45, 7) is 2.77. The van der Waals surface area contributed by atoms with Crippen molar-refractivity contribution in [1.29, 1.82) is 0 Å². The van der Waals surface area contributed by atoms with E-state index in [0.29, 0.717) is 22.6 Å². The average molecular weight is 394 g/mol. The van der Waals surface area contributed by atoms with Gasteiger partial charge in [0.15, 0.2) is 5.78 Å². The smallest absolute Gasteiger partial charge is 0.255 e. The Morgan fingerprint density at radius 2 is 1.79 bits per heavy atom. The monoisotopic (exact) mass is 394 g/mol. The third-order valence-corrected chi connectivity index (χ3v) is 4.07. The number of Topliss-reactive ketones (excluding diaryl/α,β-unsaturated/α-hetero) is 1. The molecule has 3 aromatic rings. The van der Waals surface area contributed by atoms with Crippen LogP contribution in [0.3, 0.4) is 0 Å². The number of halogens is 1. The van der Waals surface area contributed by atoms with Gasteiger partial charge in [-0.05, 0) is 44.2 Å². The molecule has 0 spiro atoms. The number of amides is 1. The van der Waals surface area contributed by atoms with Crippen LogP contribution in [-0.2, 0) is 11.3 Å². The summed E-state index contributed by atoms with van der Waals surface area (Å²) >= 11 is 0. The Morgan fingerprint density at radius 3 is 2.52 bits per heavy atom. The van der Waals surface area contributed by atoms with E-state index in [9.17, 15) is 18.8 Å². The molecule has 0 saturated heterocycles. The molecule has 0 aliphatic rings. The van der Waals surface area contributed by atoms with Crippen molar-refractivity contribution in [1.82, 2.24) is 9.55 Å². The van der Waals surface area contributed by atoms with Gasteiger partial charge >= 0.3 is 0 Å². The predicted molar refractivity (Wildman–Crippen MR) is 108 cm³/mol. The second kappa shape index (κ2) is 8.47. The fourth-order valence-electron chi connectivity index (χ4n) is 2.72. The van der Waals surface area contributed by atoms with Crippen LogP contribution in [0.25, 0.3) is 0 Å². The number of aryl methyl sites for hydroxylation is 1. The molecule has 2 N–H and O–H groups in total. The Balaban J connectivity index is 1.84. The van der Waals surface area contributed by atoms with Crippen molar-refractivity contribution in [3.05, 3.63) is 82.0 Å². The summed E-state index contributed by atoms with van der Waals surface area (Å²) in [5.74, 6) is -0.921. The topological polar surface area (TPSA) is 93.1 Å². The normalized spacial score (nSPS) is 10.4. The minimum absolute atomic E-state index is 0.119. The molecular formula is C21H19FN4O3. The zero-order valence-electron chi connectivity index (χ0n) is 15.9. The first kappa shape index (κ1) is 19.9. The van der Waals surface area contributed by atoms with Crippen LogP contribution in [0.4, 0.5) is 21.7 Å². The predicted octanol–water partition coefficient (Wildman–Crippen LogP) is 3.28. The maximum Gasteiger partial charge on any atom is 0.255 e. The standard InChI is InChI=1S/C21H19FN4O3/c1-13-9-20(29)26(21(23-13)25-18-8-4-6-16(22)11-18)12-19(28)24-17-7-3-5-15(10-17)14(2)27/h3-11H,12H2,1-2H3,(H,23,25)(H,24,28). The van der Waals surface area contributed by atoms with Crippen LogP contribution in [0.1, 0.15) is 23.0 Å². The van der Waals surface area contributed by atoms with Crippen molar-refractivity contribution in [2.24, 2.45) is 0 Å². The van der Waals surface area contributed by atoms with Gasteiger partial charge in [-0.15, -0.1) is 0 Å². The van der Waals surface area contributed by atoms with Crippen molar-refractivity contribution < 1.29 is 14.0 Å². The van der Waals surface area contributed by atoms with E-state index in [2.05, 4.69) is 15.6 Å². The van der Waals surface area contributed by atoms with Crippen molar-refractivity contribution in [2.45, 2.75) is 20.4 Å². The highest BCUT2D eigenvalue weighted by molar-refractivity contribution is 5.97. The number of rotatable bonds is 6. The van der Waals surface area contributed by atoms with Crippen LogP contribution in [0, 0.1) is 12.7 Å². The van der Waals surface area contributed by atoms with Crippen LogP contribution < -0.4 is 16.2 Å². The summed E-state index contributed by atoms with van der Waals surface area (Å²) in [4.78, 5) is 40.7. The van der Waals surface area contributed by atoms with E-state index in [1.54, 1.807) is 37.3 Å². The highest BCUT2D eigenvalue weighted by Crippen LogP contribution is 2.16. The van der Waals surface area contributed by atoms with Crippen LogP contribution in [0.5, 0.6) is 0 Å². The summed E-state index contributed by atoms with van der Waals surface area (Å²) in [5, 5.41) is 5.54. The van der Waals surface area contributed by atoms with E-state index >= 15 is 0 Å². The molecule has 1 aromatic heterocycles. The van der Waals surface area contributed by atoms with Crippen LogP contribution >= 0.6 is 0 Å². The first-order chi connectivity index (χ1) is 13.8. The molecule has 7 nitrogen and oxygen atoms in total. The van der Waals surface area contributed by atoms with Gasteiger partial charge in [-0.25, -0.2) is 9.37 Å². The van der Waals surface area contributed by atoms with Crippen molar-refractivity contribution in [2.75, 3.05) is 10.6 Å². The first-order valence-corrected chi connectivity index (χ1v) is 8.84. The number of carbonyl (C=O) groups is 2. The number of hydrogen-bond acceptors (Lipinski definition) is 5. The molecule has 0 unspecified atom stereocenters.